The number of hydrogen-bond acceptors (Lipinski definition) is 1. The molecule has 0 aliphatic carbocycles. The Morgan fingerprint density at radius 3 is 2.42 bits per heavy atom. The number of nitrogens with one attached hydrogen (secondary N) is 1. The topological polar surface area (TPSA) is 29.1 Å². The molecule has 0 atom stereocenters. The largest absolute Gasteiger partial charge is 0.352 e. The first-order chi connectivity index (χ1) is 8.47. The molecule has 0 saturated carbocycles. The van der Waals surface area contributed by atoms with E-state index >= 15 is 0 Å². The number of hydrogen-bond donors (Lipinski definition) is 1. The maximum Gasteiger partial charge on any atom is 0.244 e. The zero-order valence-corrected chi connectivity index (χ0v) is 12.7. The van der Waals surface area contributed by atoms with E-state index in [4.69, 9.17) is 0 Å². The van der Waals surface area contributed by atoms with Crippen LogP contribution in [-0.2, 0) is 4.79 Å². The molecule has 1 aromatic carbocycles. The predicted octanol–water partition coefficient (Wildman–Crippen LogP) is 2.33. The Kier molecular flexibility index (Phi) is 8.12. The van der Waals surface area contributed by atoms with Crippen molar-refractivity contribution in [1.29, 1.82) is 0 Å². The van der Waals surface area contributed by atoms with E-state index in [1.54, 1.807) is 6.08 Å². The molecular formula is C15H24ClN2O+. The van der Waals surface area contributed by atoms with E-state index in [-0.39, 0.29) is 18.3 Å². The molecule has 0 fully saturated rings. The normalized spacial score (nSPS) is 11.1. The van der Waals surface area contributed by atoms with Crippen LogP contribution in [0.25, 0.3) is 6.08 Å². The fourth-order valence-electron chi connectivity index (χ4n) is 1.56. The van der Waals surface area contributed by atoms with Gasteiger partial charge in [-0.2, -0.15) is 0 Å². The molecule has 0 saturated heterocycles. The summed E-state index contributed by atoms with van der Waals surface area (Å²) in [5.74, 6) is -0.0275. The molecule has 19 heavy (non-hydrogen) atoms. The molecule has 0 heterocycles. The SMILES string of the molecule is C[N+](C)(C)CCCNC(=O)/C=C/c1ccccc1.Cl. The van der Waals surface area contributed by atoms with E-state index in [1.165, 1.54) is 0 Å². The summed E-state index contributed by atoms with van der Waals surface area (Å²) in [7, 11) is 6.45. The van der Waals surface area contributed by atoms with Crippen LogP contribution in [0.2, 0.25) is 0 Å². The van der Waals surface area contributed by atoms with Gasteiger partial charge < -0.3 is 9.80 Å². The van der Waals surface area contributed by atoms with Gasteiger partial charge >= 0.3 is 0 Å². The van der Waals surface area contributed by atoms with Crippen molar-refractivity contribution in [2.24, 2.45) is 0 Å². The number of halogens is 1. The Morgan fingerprint density at radius 1 is 1.21 bits per heavy atom. The second-order valence-corrected chi connectivity index (χ2v) is 5.40. The minimum Gasteiger partial charge on any atom is -0.352 e. The molecule has 1 aromatic rings. The van der Waals surface area contributed by atoms with Crippen LogP contribution in [0.3, 0.4) is 0 Å². The van der Waals surface area contributed by atoms with Crippen LogP contribution in [-0.4, -0.2) is 44.6 Å². The highest BCUT2D eigenvalue weighted by Gasteiger charge is 2.05. The maximum absolute atomic E-state index is 11.5. The lowest BCUT2D eigenvalue weighted by Gasteiger charge is -2.23. The first-order valence-electron chi connectivity index (χ1n) is 6.29. The lowest BCUT2D eigenvalue weighted by atomic mass is 10.2. The van der Waals surface area contributed by atoms with E-state index in [0.717, 1.165) is 29.6 Å². The van der Waals surface area contributed by atoms with E-state index in [9.17, 15) is 4.79 Å². The van der Waals surface area contributed by atoms with Gasteiger partial charge in [-0.25, -0.2) is 0 Å². The van der Waals surface area contributed by atoms with Crippen molar-refractivity contribution in [2.45, 2.75) is 6.42 Å². The first kappa shape index (κ1) is 17.7. The van der Waals surface area contributed by atoms with Gasteiger partial charge in [-0.3, -0.25) is 4.79 Å². The molecular weight excluding hydrogens is 260 g/mol. The van der Waals surface area contributed by atoms with Gasteiger partial charge in [0.05, 0.1) is 27.7 Å². The van der Waals surface area contributed by atoms with Gasteiger partial charge in [0.15, 0.2) is 0 Å². The van der Waals surface area contributed by atoms with Gasteiger partial charge in [0.25, 0.3) is 0 Å². The molecule has 106 valence electrons. The Hall–Kier alpha value is -1.32. The summed E-state index contributed by atoms with van der Waals surface area (Å²) in [6.45, 7) is 1.79. The fraction of sp³-hybridized carbons (Fsp3) is 0.400. The lowest BCUT2D eigenvalue weighted by Crippen LogP contribution is -2.37. The quantitative estimate of drug-likeness (QED) is 0.485. The van der Waals surface area contributed by atoms with Crippen LogP contribution in [0.15, 0.2) is 36.4 Å². The van der Waals surface area contributed by atoms with E-state index < -0.39 is 0 Å². The number of quaternary nitrogens is 1. The highest BCUT2D eigenvalue weighted by molar-refractivity contribution is 5.91. The molecule has 0 aliphatic heterocycles. The summed E-state index contributed by atoms with van der Waals surface area (Å²) in [6, 6.07) is 9.82. The number of benzene rings is 1. The number of carbonyl (C=O) groups is 1. The van der Waals surface area contributed by atoms with Crippen LogP contribution < -0.4 is 5.32 Å². The minimum atomic E-state index is -0.0275. The van der Waals surface area contributed by atoms with Gasteiger partial charge in [-0.1, -0.05) is 30.3 Å². The second kappa shape index (κ2) is 8.73. The van der Waals surface area contributed by atoms with Crippen LogP contribution >= 0.6 is 12.4 Å². The van der Waals surface area contributed by atoms with Crippen molar-refractivity contribution in [3.8, 4) is 0 Å². The highest BCUT2D eigenvalue weighted by Crippen LogP contribution is 2.00. The van der Waals surface area contributed by atoms with E-state index in [1.807, 2.05) is 36.4 Å². The van der Waals surface area contributed by atoms with Gasteiger partial charge in [-0.05, 0) is 11.6 Å². The maximum atomic E-state index is 11.5. The standard InChI is InChI=1S/C15H22N2O.ClH/c1-17(2,3)13-7-12-16-15(18)11-10-14-8-5-4-6-9-14;/h4-6,8-11H,7,12-13H2,1-3H3;1H/p+1/b11-10+;. The summed E-state index contributed by atoms with van der Waals surface area (Å²) < 4.78 is 0.926. The number of nitrogens with zero attached hydrogens (tertiary/aromatic N) is 1. The van der Waals surface area contributed by atoms with Crippen LogP contribution in [0.4, 0.5) is 0 Å². The van der Waals surface area contributed by atoms with Gasteiger partial charge in [0.2, 0.25) is 5.91 Å². The third kappa shape index (κ3) is 9.28. The Bertz CT molecular complexity index is 396. The van der Waals surface area contributed by atoms with E-state index in [2.05, 4.69) is 26.5 Å². The van der Waals surface area contributed by atoms with Crippen molar-refractivity contribution in [3.05, 3.63) is 42.0 Å². The Balaban J connectivity index is 0.00000324. The molecule has 0 bridgehead atoms. The van der Waals surface area contributed by atoms with Crippen LogP contribution in [0.5, 0.6) is 0 Å². The third-order valence-electron chi connectivity index (χ3n) is 2.53. The average molecular weight is 284 g/mol. The molecule has 0 unspecified atom stereocenters. The third-order valence-corrected chi connectivity index (χ3v) is 2.53. The molecule has 0 radical (unpaired) electrons. The monoisotopic (exact) mass is 283 g/mol. The van der Waals surface area contributed by atoms with Gasteiger partial charge in [0, 0.05) is 19.0 Å². The van der Waals surface area contributed by atoms with Crippen molar-refractivity contribution in [3.63, 3.8) is 0 Å². The van der Waals surface area contributed by atoms with Crippen molar-refractivity contribution < 1.29 is 9.28 Å². The molecule has 1 N–H and O–H groups in total. The van der Waals surface area contributed by atoms with E-state index in [0.29, 0.717) is 0 Å². The Morgan fingerprint density at radius 2 is 1.84 bits per heavy atom. The van der Waals surface area contributed by atoms with Gasteiger partial charge in [-0.15, -0.1) is 12.4 Å². The predicted molar refractivity (Wildman–Crippen MR) is 83.3 cm³/mol. The van der Waals surface area contributed by atoms with Gasteiger partial charge in [0.1, 0.15) is 0 Å². The number of amides is 1. The van der Waals surface area contributed by atoms with Crippen molar-refractivity contribution in [1.82, 2.24) is 5.32 Å². The lowest BCUT2D eigenvalue weighted by molar-refractivity contribution is -0.870. The molecule has 0 aromatic heterocycles. The average Bonchev–Trinajstić information content (AvgIpc) is 2.32. The van der Waals surface area contributed by atoms with Crippen molar-refractivity contribution >= 4 is 24.4 Å². The van der Waals surface area contributed by atoms with Crippen LogP contribution in [0.1, 0.15) is 12.0 Å². The first-order valence-corrected chi connectivity index (χ1v) is 6.29. The van der Waals surface area contributed by atoms with Crippen molar-refractivity contribution in [2.75, 3.05) is 34.2 Å². The smallest absolute Gasteiger partial charge is 0.244 e. The summed E-state index contributed by atoms with van der Waals surface area (Å²) in [4.78, 5) is 11.5. The zero-order chi connectivity index (χ0) is 13.4. The summed E-state index contributed by atoms with van der Waals surface area (Å²) >= 11 is 0. The molecule has 0 spiro atoms. The number of rotatable bonds is 6. The zero-order valence-electron chi connectivity index (χ0n) is 11.9. The summed E-state index contributed by atoms with van der Waals surface area (Å²) in [6.07, 6.45) is 4.41. The minimum absolute atomic E-state index is 0. The second-order valence-electron chi connectivity index (χ2n) is 5.40. The summed E-state index contributed by atoms with van der Waals surface area (Å²) in [5, 5.41) is 2.89. The Labute approximate surface area is 122 Å². The molecule has 3 nitrogen and oxygen atoms in total. The highest BCUT2D eigenvalue weighted by atomic mass is 35.5. The molecule has 1 rings (SSSR count). The summed E-state index contributed by atoms with van der Waals surface area (Å²) in [5.41, 5.74) is 1.04. The number of carbonyl (C=O) groups excluding carboxylic acids is 1. The molecule has 0 aliphatic rings. The van der Waals surface area contributed by atoms with Crippen LogP contribution in [0, 0.1) is 0 Å². The molecule has 1 amide bonds. The molecule has 4 heteroatoms. The fourth-order valence-corrected chi connectivity index (χ4v) is 1.56.